The summed E-state index contributed by atoms with van der Waals surface area (Å²) in [5, 5.41) is 11.3. The van der Waals surface area contributed by atoms with Gasteiger partial charge in [-0.05, 0) is 42.7 Å². The highest BCUT2D eigenvalue weighted by atomic mass is 32.2. The van der Waals surface area contributed by atoms with Crippen molar-refractivity contribution >= 4 is 44.2 Å². The fraction of sp³-hybridized carbons (Fsp3) is 0.318. The van der Waals surface area contributed by atoms with E-state index in [9.17, 15) is 13.2 Å². The van der Waals surface area contributed by atoms with E-state index in [0.29, 0.717) is 23.8 Å². The number of sulfonamides is 1. The van der Waals surface area contributed by atoms with E-state index < -0.39 is 10.0 Å². The molecule has 0 fully saturated rings. The van der Waals surface area contributed by atoms with Crippen molar-refractivity contribution in [2.75, 3.05) is 18.4 Å². The lowest BCUT2D eigenvalue weighted by Crippen LogP contribution is -2.32. The summed E-state index contributed by atoms with van der Waals surface area (Å²) in [6.45, 7) is 4.84. The van der Waals surface area contributed by atoms with Crippen molar-refractivity contribution in [1.82, 2.24) is 14.5 Å². The van der Waals surface area contributed by atoms with Gasteiger partial charge < -0.3 is 0 Å². The predicted octanol–water partition coefficient (Wildman–Crippen LogP) is 4.89. The number of carbonyl (C=O) groups is 1. The van der Waals surface area contributed by atoms with Crippen LogP contribution in [0.3, 0.4) is 0 Å². The third kappa shape index (κ3) is 6.38. The van der Waals surface area contributed by atoms with Crippen LogP contribution in [0.5, 0.6) is 0 Å². The number of hydrogen-bond acceptors (Lipinski definition) is 7. The van der Waals surface area contributed by atoms with E-state index in [2.05, 4.69) is 15.5 Å². The first kappa shape index (κ1) is 24.4. The Morgan fingerprint density at radius 1 is 1.00 bits per heavy atom. The summed E-state index contributed by atoms with van der Waals surface area (Å²) in [5.41, 5.74) is 1.54. The van der Waals surface area contributed by atoms with E-state index in [-0.39, 0.29) is 10.8 Å². The Morgan fingerprint density at radius 3 is 2.28 bits per heavy atom. The van der Waals surface area contributed by atoms with E-state index in [1.165, 1.54) is 45.5 Å². The molecule has 32 heavy (non-hydrogen) atoms. The zero-order chi connectivity index (χ0) is 23.0. The molecule has 0 spiro atoms. The molecular weight excluding hydrogens is 464 g/mol. The van der Waals surface area contributed by atoms with Crippen LogP contribution >= 0.6 is 23.1 Å². The third-order valence-electron chi connectivity index (χ3n) is 4.53. The first-order valence-electron chi connectivity index (χ1n) is 10.4. The van der Waals surface area contributed by atoms with Crippen molar-refractivity contribution in [2.45, 2.75) is 41.7 Å². The van der Waals surface area contributed by atoms with Crippen molar-refractivity contribution < 1.29 is 13.2 Å². The highest BCUT2D eigenvalue weighted by molar-refractivity contribution is 8.00. The minimum atomic E-state index is -3.57. The monoisotopic (exact) mass is 490 g/mol. The summed E-state index contributed by atoms with van der Waals surface area (Å²) in [4.78, 5) is 12.8. The number of rotatable bonds is 11. The topological polar surface area (TPSA) is 92.3 Å². The number of hydrogen-bond donors (Lipinski definition) is 1. The van der Waals surface area contributed by atoms with E-state index >= 15 is 0 Å². The van der Waals surface area contributed by atoms with Crippen LogP contribution in [-0.4, -0.2) is 41.9 Å². The van der Waals surface area contributed by atoms with Crippen molar-refractivity contribution in [2.24, 2.45) is 0 Å². The molecule has 1 aromatic heterocycles. The quantitative estimate of drug-likeness (QED) is 0.304. The number of thioether (sulfide) groups is 1. The normalized spacial score (nSPS) is 11.6. The fourth-order valence-corrected chi connectivity index (χ4v) is 6.31. The second-order valence-electron chi connectivity index (χ2n) is 7.03. The van der Waals surface area contributed by atoms with Gasteiger partial charge in [0.05, 0.1) is 4.90 Å². The highest BCUT2D eigenvalue weighted by Crippen LogP contribution is 2.28. The Bertz CT molecular complexity index is 1110. The van der Waals surface area contributed by atoms with Crippen LogP contribution in [0.2, 0.25) is 0 Å². The molecule has 10 heteroatoms. The Labute approximate surface area is 197 Å². The maximum atomic E-state index is 12.9. The second-order valence-corrected chi connectivity index (χ2v) is 11.2. The van der Waals surface area contributed by atoms with Gasteiger partial charge in [0, 0.05) is 24.4 Å². The number of nitrogens with zero attached hydrogens (tertiary/aromatic N) is 3. The van der Waals surface area contributed by atoms with E-state index in [1.54, 1.807) is 11.8 Å². The minimum Gasteiger partial charge on any atom is -0.296 e. The molecule has 170 valence electrons. The smallest absolute Gasteiger partial charge is 0.257 e. The van der Waals surface area contributed by atoms with Gasteiger partial charge in [-0.25, -0.2) is 8.42 Å². The second kappa shape index (κ2) is 11.6. The van der Waals surface area contributed by atoms with Crippen LogP contribution < -0.4 is 5.32 Å². The van der Waals surface area contributed by atoms with Crippen molar-refractivity contribution in [3.63, 3.8) is 0 Å². The molecule has 1 amide bonds. The Balaban J connectivity index is 1.62. The van der Waals surface area contributed by atoms with Crippen LogP contribution in [0.15, 0.2) is 63.8 Å². The van der Waals surface area contributed by atoms with Crippen LogP contribution in [0, 0.1) is 0 Å². The van der Waals surface area contributed by atoms with Gasteiger partial charge in [-0.2, -0.15) is 4.31 Å². The van der Waals surface area contributed by atoms with Crippen LogP contribution in [-0.2, 0) is 15.8 Å². The summed E-state index contributed by atoms with van der Waals surface area (Å²) < 4.78 is 28.0. The number of benzene rings is 2. The standard InChI is InChI=1S/C22H26N4O3S3/c1-3-14-26(15-4-2)32(28,29)19-12-10-18(11-13-19)20(27)23-21-24-25-22(31-21)30-16-17-8-6-5-7-9-17/h5-13H,3-4,14-16H2,1-2H3,(H,23,24,27). The SMILES string of the molecule is CCCN(CCC)S(=O)(=O)c1ccc(C(=O)Nc2nnc(SCc3ccccc3)s2)cc1. The van der Waals surface area contributed by atoms with Crippen molar-refractivity contribution in [3.8, 4) is 0 Å². The molecule has 0 unspecified atom stereocenters. The lowest BCUT2D eigenvalue weighted by molar-refractivity contribution is 0.102. The van der Waals surface area contributed by atoms with Gasteiger partial charge in [0.2, 0.25) is 15.2 Å². The molecule has 3 rings (SSSR count). The maximum absolute atomic E-state index is 12.9. The molecule has 0 saturated heterocycles. The summed E-state index contributed by atoms with van der Waals surface area (Å²) in [7, 11) is -3.57. The average molecular weight is 491 g/mol. The van der Waals surface area contributed by atoms with E-state index in [4.69, 9.17) is 0 Å². The Hall–Kier alpha value is -2.27. The summed E-state index contributed by atoms with van der Waals surface area (Å²) in [5.74, 6) is 0.413. The number of nitrogens with one attached hydrogen (secondary N) is 1. The average Bonchev–Trinajstić information content (AvgIpc) is 3.25. The molecule has 1 N–H and O–H groups in total. The molecule has 2 aromatic carbocycles. The van der Waals surface area contributed by atoms with Gasteiger partial charge >= 0.3 is 0 Å². The molecule has 0 aliphatic carbocycles. The number of amides is 1. The predicted molar refractivity (Wildman–Crippen MR) is 130 cm³/mol. The lowest BCUT2D eigenvalue weighted by atomic mass is 10.2. The van der Waals surface area contributed by atoms with Crippen molar-refractivity contribution in [3.05, 3.63) is 65.7 Å². The van der Waals surface area contributed by atoms with Gasteiger partial charge in [-0.3, -0.25) is 10.1 Å². The highest BCUT2D eigenvalue weighted by Gasteiger charge is 2.23. The molecule has 0 saturated carbocycles. The minimum absolute atomic E-state index is 0.187. The van der Waals surface area contributed by atoms with Gasteiger partial charge in [0.1, 0.15) is 0 Å². The molecule has 0 aliphatic heterocycles. The molecule has 0 atom stereocenters. The lowest BCUT2D eigenvalue weighted by Gasteiger charge is -2.21. The molecule has 3 aromatic rings. The van der Waals surface area contributed by atoms with Crippen molar-refractivity contribution in [1.29, 1.82) is 0 Å². The van der Waals surface area contributed by atoms with Gasteiger partial charge in [0.15, 0.2) is 4.34 Å². The Morgan fingerprint density at radius 2 is 1.66 bits per heavy atom. The largest absolute Gasteiger partial charge is 0.296 e. The zero-order valence-electron chi connectivity index (χ0n) is 18.0. The first-order chi connectivity index (χ1) is 15.4. The van der Waals surface area contributed by atoms with Gasteiger partial charge in [-0.15, -0.1) is 10.2 Å². The van der Waals surface area contributed by atoms with Gasteiger partial charge in [-0.1, -0.05) is 67.3 Å². The zero-order valence-corrected chi connectivity index (χ0v) is 20.5. The van der Waals surface area contributed by atoms with Crippen LogP contribution in [0.4, 0.5) is 5.13 Å². The fourth-order valence-electron chi connectivity index (χ4n) is 2.99. The number of anilines is 1. The third-order valence-corrected chi connectivity index (χ3v) is 8.49. The van der Waals surface area contributed by atoms with Gasteiger partial charge in [0.25, 0.3) is 5.91 Å². The van der Waals surface area contributed by atoms with E-state index in [0.717, 1.165) is 22.9 Å². The maximum Gasteiger partial charge on any atom is 0.257 e. The van der Waals surface area contributed by atoms with Crippen LogP contribution in [0.25, 0.3) is 0 Å². The summed E-state index contributed by atoms with van der Waals surface area (Å²) >= 11 is 2.86. The molecule has 7 nitrogen and oxygen atoms in total. The molecule has 0 radical (unpaired) electrons. The summed E-state index contributed by atoms with van der Waals surface area (Å²) in [6, 6.07) is 16.0. The molecule has 0 bridgehead atoms. The number of aromatic nitrogens is 2. The first-order valence-corrected chi connectivity index (χ1v) is 13.6. The summed E-state index contributed by atoms with van der Waals surface area (Å²) in [6.07, 6.45) is 1.49. The number of carbonyl (C=O) groups excluding carboxylic acids is 1. The van der Waals surface area contributed by atoms with E-state index in [1.807, 2.05) is 44.2 Å². The molecule has 0 aliphatic rings. The molecular formula is C22H26N4O3S3. The van der Waals surface area contributed by atoms with Crippen LogP contribution in [0.1, 0.15) is 42.6 Å². The Kier molecular flexibility index (Phi) is 8.80. The molecule has 1 heterocycles.